The maximum absolute atomic E-state index is 11.1. The molecule has 0 bridgehead atoms. The number of carbonyl (C=O) groups is 1. The molecule has 1 aromatic rings. The molecule has 0 aliphatic rings. The van der Waals surface area contributed by atoms with Gasteiger partial charge in [-0.2, -0.15) is 0 Å². The van der Waals surface area contributed by atoms with E-state index in [1.807, 2.05) is 30.3 Å². The molecule has 0 heterocycles. The normalized spacial score (nSPS) is 11.7. The Balaban J connectivity index is 2.56. The molecule has 2 nitrogen and oxygen atoms in total. The van der Waals surface area contributed by atoms with Crippen LogP contribution in [0.4, 0.5) is 0 Å². The molecule has 0 saturated carbocycles. The molecular formula is C14H16O2. The Morgan fingerprint density at radius 3 is 2.56 bits per heavy atom. The Bertz CT molecular complexity index is 362. The molecule has 1 unspecified atom stereocenters. The molecule has 0 aliphatic carbocycles. The van der Waals surface area contributed by atoms with E-state index in [1.54, 1.807) is 0 Å². The zero-order valence-electron chi connectivity index (χ0n) is 9.23. The van der Waals surface area contributed by atoms with E-state index in [2.05, 4.69) is 5.92 Å². The molecule has 0 radical (unpaired) electrons. The van der Waals surface area contributed by atoms with Gasteiger partial charge in [-0.15, -0.1) is 12.3 Å². The lowest BCUT2D eigenvalue weighted by atomic mass is 9.93. The Labute approximate surface area is 96.3 Å². The number of carboxylic acid groups (broad SMARTS) is 1. The van der Waals surface area contributed by atoms with Crippen LogP contribution in [0.2, 0.25) is 0 Å². The second-order valence-corrected chi connectivity index (χ2v) is 3.75. The van der Waals surface area contributed by atoms with Crippen LogP contribution in [0, 0.1) is 12.3 Å². The van der Waals surface area contributed by atoms with Gasteiger partial charge in [0.1, 0.15) is 0 Å². The van der Waals surface area contributed by atoms with Gasteiger partial charge in [0.05, 0.1) is 5.92 Å². The van der Waals surface area contributed by atoms with Crippen LogP contribution in [-0.2, 0) is 4.79 Å². The first-order chi connectivity index (χ1) is 7.75. The van der Waals surface area contributed by atoms with Crippen molar-refractivity contribution in [3.05, 3.63) is 35.9 Å². The third-order valence-corrected chi connectivity index (χ3v) is 2.56. The van der Waals surface area contributed by atoms with Gasteiger partial charge < -0.3 is 5.11 Å². The fourth-order valence-electron chi connectivity index (χ4n) is 1.69. The highest BCUT2D eigenvalue weighted by molar-refractivity contribution is 5.75. The van der Waals surface area contributed by atoms with Crippen LogP contribution in [0.3, 0.4) is 0 Å². The molecule has 16 heavy (non-hydrogen) atoms. The first-order valence-electron chi connectivity index (χ1n) is 5.47. The zero-order valence-corrected chi connectivity index (χ0v) is 9.23. The fourth-order valence-corrected chi connectivity index (χ4v) is 1.69. The highest BCUT2D eigenvalue weighted by Gasteiger charge is 2.18. The summed E-state index contributed by atoms with van der Waals surface area (Å²) in [6.07, 6.45) is 8.28. The number of hydrogen-bond acceptors (Lipinski definition) is 1. The minimum atomic E-state index is -0.757. The molecule has 0 aromatic heterocycles. The molecule has 0 aliphatic heterocycles. The van der Waals surface area contributed by atoms with Crippen LogP contribution in [0.1, 0.15) is 37.2 Å². The third-order valence-electron chi connectivity index (χ3n) is 2.56. The molecule has 0 spiro atoms. The Hall–Kier alpha value is -1.75. The van der Waals surface area contributed by atoms with E-state index in [9.17, 15) is 4.79 Å². The molecule has 1 rings (SSSR count). The van der Waals surface area contributed by atoms with Crippen molar-refractivity contribution in [3.63, 3.8) is 0 Å². The van der Waals surface area contributed by atoms with Gasteiger partial charge in [0.2, 0.25) is 0 Å². The van der Waals surface area contributed by atoms with Gasteiger partial charge in [-0.25, -0.2) is 0 Å². The summed E-state index contributed by atoms with van der Waals surface area (Å²) in [5.41, 5.74) is 0.871. The van der Waals surface area contributed by atoms with E-state index in [4.69, 9.17) is 11.5 Å². The van der Waals surface area contributed by atoms with Crippen molar-refractivity contribution in [1.82, 2.24) is 0 Å². The van der Waals surface area contributed by atoms with Crippen molar-refractivity contribution < 1.29 is 9.90 Å². The number of unbranched alkanes of at least 4 members (excludes halogenated alkanes) is 2. The van der Waals surface area contributed by atoms with Gasteiger partial charge in [0, 0.05) is 6.42 Å². The van der Waals surface area contributed by atoms with Gasteiger partial charge >= 0.3 is 5.97 Å². The SMILES string of the molecule is C#CCCCCC(C(=O)O)c1ccccc1. The van der Waals surface area contributed by atoms with E-state index in [0.717, 1.165) is 24.8 Å². The third kappa shape index (κ3) is 3.78. The Morgan fingerprint density at radius 2 is 2.00 bits per heavy atom. The minimum Gasteiger partial charge on any atom is -0.481 e. The molecule has 84 valence electrons. The highest BCUT2D eigenvalue weighted by Crippen LogP contribution is 2.22. The van der Waals surface area contributed by atoms with Gasteiger partial charge in [0.15, 0.2) is 0 Å². The quantitative estimate of drug-likeness (QED) is 0.586. The topological polar surface area (TPSA) is 37.3 Å². The maximum atomic E-state index is 11.1. The summed E-state index contributed by atoms with van der Waals surface area (Å²) in [6, 6.07) is 9.35. The predicted molar refractivity (Wildman–Crippen MR) is 64.1 cm³/mol. The number of rotatable bonds is 6. The molecule has 0 fully saturated rings. The van der Waals surface area contributed by atoms with Crippen LogP contribution in [0.25, 0.3) is 0 Å². The van der Waals surface area contributed by atoms with Crippen molar-refractivity contribution in [2.75, 3.05) is 0 Å². The summed E-state index contributed by atoms with van der Waals surface area (Å²) < 4.78 is 0. The molecule has 1 N–H and O–H groups in total. The molecule has 1 aromatic carbocycles. The number of terminal acetylenes is 1. The second-order valence-electron chi connectivity index (χ2n) is 3.75. The summed E-state index contributed by atoms with van der Waals surface area (Å²) in [6.45, 7) is 0. The van der Waals surface area contributed by atoms with E-state index in [1.165, 1.54) is 0 Å². The monoisotopic (exact) mass is 216 g/mol. The van der Waals surface area contributed by atoms with Crippen LogP contribution >= 0.6 is 0 Å². The standard InChI is InChI=1S/C14H16O2/c1-2-3-4-8-11-13(14(15)16)12-9-6-5-7-10-12/h1,5-7,9-10,13H,3-4,8,11H2,(H,15,16). The summed E-state index contributed by atoms with van der Waals surface area (Å²) in [5, 5.41) is 9.14. The Kier molecular flexibility index (Phi) is 5.15. The minimum absolute atomic E-state index is 0.404. The van der Waals surface area contributed by atoms with Crippen molar-refractivity contribution in [3.8, 4) is 12.3 Å². The summed E-state index contributed by atoms with van der Waals surface area (Å²) in [4.78, 5) is 11.1. The van der Waals surface area contributed by atoms with E-state index in [-0.39, 0.29) is 0 Å². The number of carboxylic acids is 1. The number of aliphatic carboxylic acids is 1. The van der Waals surface area contributed by atoms with E-state index < -0.39 is 11.9 Å². The molecular weight excluding hydrogens is 200 g/mol. The van der Waals surface area contributed by atoms with Crippen molar-refractivity contribution >= 4 is 5.97 Å². The summed E-state index contributed by atoms with van der Waals surface area (Å²) >= 11 is 0. The number of hydrogen-bond donors (Lipinski definition) is 1. The van der Waals surface area contributed by atoms with Gasteiger partial charge in [0.25, 0.3) is 0 Å². The van der Waals surface area contributed by atoms with Crippen LogP contribution in [0.5, 0.6) is 0 Å². The number of benzene rings is 1. The van der Waals surface area contributed by atoms with Gasteiger partial charge in [-0.05, 0) is 18.4 Å². The largest absolute Gasteiger partial charge is 0.481 e. The van der Waals surface area contributed by atoms with Crippen molar-refractivity contribution in [2.24, 2.45) is 0 Å². The Morgan fingerprint density at radius 1 is 1.31 bits per heavy atom. The summed E-state index contributed by atoms with van der Waals surface area (Å²) in [7, 11) is 0. The average molecular weight is 216 g/mol. The first kappa shape index (κ1) is 12.3. The summed E-state index contributed by atoms with van der Waals surface area (Å²) in [5.74, 6) is 1.40. The van der Waals surface area contributed by atoms with Crippen molar-refractivity contribution in [2.45, 2.75) is 31.6 Å². The molecule has 0 amide bonds. The maximum Gasteiger partial charge on any atom is 0.310 e. The average Bonchev–Trinajstić information content (AvgIpc) is 2.30. The van der Waals surface area contributed by atoms with Gasteiger partial charge in [-0.1, -0.05) is 36.8 Å². The van der Waals surface area contributed by atoms with E-state index >= 15 is 0 Å². The molecule has 2 heteroatoms. The van der Waals surface area contributed by atoms with Crippen LogP contribution < -0.4 is 0 Å². The lowest BCUT2D eigenvalue weighted by molar-refractivity contribution is -0.139. The van der Waals surface area contributed by atoms with Crippen LogP contribution in [-0.4, -0.2) is 11.1 Å². The smallest absolute Gasteiger partial charge is 0.310 e. The second kappa shape index (κ2) is 6.68. The zero-order chi connectivity index (χ0) is 11.8. The first-order valence-corrected chi connectivity index (χ1v) is 5.47. The molecule has 0 saturated heterocycles. The highest BCUT2D eigenvalue weighted by atomic mass is 16.4. The van der Waals surface area contributed by atoms with Crippen molar-refractivity contribution in [1.29, 1.82) is 0 Å². The lowest BCUT2D eigenvalue weighted by Gasteiger charge is -2.11. The van der Waals surface area contributed by atoms with E-state index in [0.29, 0.717) is 6.42 Å². The lowest BCUT2D eigenvalue weighted by Crippen LogP contribution is -2.11. The van der Waals surface area contributed by atoms with Crippen LogP contribution in [0.15, 0.2) is 30.3 Å². The molecule has 1 atom stereocenters. The predicted octanol–water partition coefficient (Wildman–Crippen LogP) is 3.05. The fraction of sp³-hybridized carbons (Fsp3) is 0.357. The van der Waals surface area contributed by atoms with Gasteiger partial charge in [-0.3, -0.25) is 4.79 Å².